The SMILES string of the molecule is C=C(C)CN=C(NCC1CCS(=O)(=O)C1)NC1CCc2nc(C)nn2C1. The second-order valence-corrected chi connectivity index (χ2v) is 9.64. The van der Waals surface area contributed by atoms with Crippen LogP contribution in [0.1, 0.15) is 31.4 Å². The molecule has 26 heavy (non-hydrogen) atoms. The summed E-state index contributed by atoms with van der Waals surface area (Å²) >= 11 is 0. The lowest BCUT2D eigenvalue weighted by molar-refractivity contribution is 0.391. The number of aryl methyl sites for hydroxylation is 2. The van der Waals surface area contributed by atoms with Gasteiger partial charge in [-0.25, -0.2) is 23.1 Å². The number of sulfone groups is 1. The fourth-order valence-corrected chi connectivity index (χ4v) is 5.25. The van der Waals surface area contributed by atoms with Gasteiger partial charge in [-0.3, -0.25) is 0 Å². The molecule has 2 N–H and O–H groups in total. The summed E-state index contributed by atoms with van der Waals surface area (Å²) < 4.78 is 25.2. The number of aliphatic imine (C=N–C) groups is 1. The van der Waals surface area contributed by atoms with Gasteiger partial charge in [-0.15, -0.1) is 0 Å². The highest BCUT2D eigenvalue weighted by Gasteiger charge is 2.28. The minimum Gasteiger partial charge on any atom is -0.356 e. The standard InChI is InChI=1S/C17H28N6O2S/c1-12(2)8-18-17(19-9-14-6-7-26(24,25)11-14)21-15-4-5-16-20-13(3)22-23(16)10-15/h14-15H,1,4-11H2,2-3H3,(H2,18,19,21). The Bertz CT molecular complexity index is 798. The van der Waals surface area contributed by atoms with E-state index in [-0.39, 0.29) is 17.7 Å². The van der Waals surface area contributed by atoms with E-state index in [1.807, 2.05) is 18.5 Å². The predicted octanol–water partition coefficient (Wildman–Crippen LogP) is 0.447. The van der Waals surface area contributed by atoms with Crippen LogP contribution in [-0.2, 0) is 22.8 Å². The van der Waals surface area contributed by atoms with Crippen LogP contribution in [0.15, 0.2) is 17.1 Å². The van der Waals surface area contributed by atoms with Crippen LogP contribution in [-0.4, -0.2) is 59.8 Å². The molecule has 1 saturated heterocycles. The summed E-state index contributed by atoms with van der Waals surface area (Å²) in [5.74, 6) is 3.25. The van der Waals surface area contributed by atoms with Crippen molar-refractivity contribution in [3.05, 3.63) is 23.8 Å². The molecule has 144 valence electrons. The molecule has 1 aromatic rings. The van der Waals surface area contributed by atoms with Crippen molar-refractivity contribution in [1.82, 2.24) is 25.4 Å². The van der Waals surface area contributed by atoms with E-state index >= 15 is 0 Å². The minimum absolute atomic E-state index is 0.146. The van der Waals surface area contributed by atoms with E-state index in [0.717, 1.165) is 36.6 Å². The lowest BCUT2D eigenvalue weighted by Gasteiger charge is -2.26. The van der Waals surface area contributed by atoms with Crippen LogP contribution >= 0.6 is 0 Å². The molecule has 2 unspecified atom stereocenters. The molecule has 3 rings (SSSR count). The monoisotopic (exact) mass is 380 g/mol. The van der Waals surface area contributed by atoms with Gasteiger partial charge in [0.05, 0.1) is 24.6 Å². The van der Waals surface area contributed by atoms with Gasteiger partial charge in [0.1, 0.15) is 11.6 Å². The first kappa shape index (κ1) is 18.9. The van der Waals surface area contributed by atoms with Gasteiger partial charge in [0.2, 0.25) is 0 Å². The van der Waals surface area contributed by atoms with Crippen molar-refractivity contribution in [2.24, 2.45) is 10.9 Å². The van der Waals surface area contributed by atoms with Crippen molar-refractivity contribution in [2.45, 2.75) is 45.7 Å². The third-order valence-corrected chi connectivity index (χ3v) is 6.53. The van der Waals surface area contributed by atoms with E-state index in [2.05, 4.69) is 32.3 Å². The van der Waals surface area contributed by atoms with E-state index in [1.54, 1.807) is 0 Å². The van der Waals surface area contributed by atoms with Crippen LogP contribution in [0.4, 0.5) is 0 Å². The number of nitrogens with one attached hydrogen (secondary N) is 2. The van der Waals surface area contributed by atoms with Gasteiger partial charge in [0.15, 0.2) is 15.8 Å². The summed E-state index contributed by atoms with van der Waals surface area (Å²) in [6.45, 7) is 9.65. The molecule has 0 aliphatic carbocycles. The van der Waals surface area contributed by atoms with Gasteiger partial charge in [-0.2, -0.15) is 5.10 Å². The molecule has 0 aromatic carbocycles. The summed E-state index contributed by atoms with van der Waals surface area (Å²) in [6.07, 6.45) is 2.56. The maximum Gasteiger partial charge on any atom is 0.191 e. The van der Waals surface area contributed by atoms with Crippen LogP contribution in [0.2, 0.25) is 0 Å². The summed E-state index contributed by atoms with van der Waals surface area (Å²) in [4.78, 5) is 9.01. The van der Waals surface area contributed by atoms with Crippen molar-refractivity contribution in [3.63, 3.8) is 0 Å². The first-order valence-corrected chi connectivity index (χ1v) is 10.9. The number of fused-ring (bicyclic) bond motifs is 1. The second kappa shape index (κ2) is 7.77. The molecule has 0 amide bonds. The Hall–Kier alpha value is -1.90. The highest BCUT2D eigenvalue weighted by Crippen LogP contribution is 2.17. The second-order valence-electron chi connectivity index (χ2n) is 7.41. The molecule has 0 bridgehead atoms. The van der Waals surface area contributed by atoms with Crippen molar-refractivity contribution < 1.29 is 8.42 Å². The molecule has 3 heterocycles. The maximum atomic E-state index is 11.6. The zero-order chi connectivity index (χ0) is 18.7. The lowest BCUT2D eigenvalue weighted by atomic mass is 10.1. The molecule has 0 spiro atoms. The third-order valence-electron chi connectivity index (χ3n) is 4.70. The van der Waals surface area contributed by atoms with Gasteiger partial charge in [-0.1, -0.05) is 12.2 Å². The van der Waals surface area contributed by atoms with E-state index in [4.69, 9.17) is 0 Å². The Kier molecular flexibility index (Phi) is 5.64. The van der Waals surface area contributed by atoms with Crippen molar-refractivity contribution in [2.75, 3.05) is 24.6 Å². The Balaban J connectivity index is 1.59. The number of rotatable bonds is 5. The van der Waals surface area contributed by atoms with Crippen LogP contribution in [0.5, 0.6) is 0 Å². The third kappa shape index (κ3) is 5.06. The van der Waals surface area contributed by atoms with E-state index in [9.17, 15) is 8.42 Å². The summed E-state index contributed by atoms with van der Waals surface area (Å²) in [5.41, 5.74) is 0.979. The highest BCUT2D eigenvalue weighted by molar-refractivity contribution is 7.91. The Morgan fingerprint density at radius 1 is 1.42 bits per heavy atom. The minimum atomic E-state index is -2.86. The van der Waals surface area contributed by atoms with Crippen LogP contribution in [0, 0.1) is 12.8 Å². The van der Waals surface area contributed by atoms with Crippen LogP contribution in [0.25, 0.3) is 0 Å². The number of aromatic nitrogens is 3. The van der Waals surface area contributed by atoms with Crippen molar-refractivity contribution in [3.8, 4) is 0 Å². The van der Waals surface area contributed by atoms with E-state index in [1.165, 1.54) is 0 Å². The quantitative estimate of drug-likeness (QED) is 0.437. The topological polar surface area (TPSA) is 101 Å². The lowest BCUT2D eigenvalue weighted by Crippen LogP contribution is -2.48. The van der Waals surface area contributed by atoms with Gasteiger partial charge in [0, 0.05) is 19.0 Å². The fraction of sp³-hybridized carbons (Fsp3) is 0.706. The molecule has 1 fully saturated rings. The number of nitrogens with zero attached hydrogens (tertiary/aromatic N) is 4. The van der Waals surface area contributed by atoms with E-state index in [0.29, 0.717) is 31.2 Å². The first-order valence-electron chi connectivity index (χ1n) is 9.11. The summed E-state index contributed by atoms with van der Waals surface area (Å²) in [5, 5.41) is 11.2. The number of hydrogen-bond acceptors (Lipinski definition) is 5. The van der Waals surface area contributed by atoms with Crippen LogP contribution < -0.4 is 10.6 Å². The fourth-order valence-electron chi connectivity index (χ4n) is 3.39. The summed E-state index contributed by atoms with van der Waals surface area (Å²) in [7, 11) is -2.86. The van der Waals surface area contributed by atoms with Gasteiger partial charge < -0.3 is 10.6 Å². The summed E-state index contributed by atoms with van der Waals surface area (Å²) in [6, 6.07) is 0.215. The molecule has 0 radical (unpaired) electrons. The Labute approximate surface area is 155 Å². The number of guanidine groups is 1. The van der Waals surface area contributed by atoms with Crippen LogP contribution in [0.3, 0.4) is 0 Å². The molecule has 2 aliphatic rings. The normalized spacial score (nSPS) is 24.9. The van der Waals surface area contributed by atoms with E-state index < -0.39 is 9.84 Å². The van der Waals surface area contributed by atoms with Crippen molar-refractivity contribution >= 4 is 15.8 Å². The molecule has 9 heteroatoms. The molecule has 2 atom stereocenters. The zero-order valence-corrected chi connectivity index (χ0v) is 16.3. The van der Waals surface area contributed by atoms with Gasteiger partial charge in [-0.05, 0) is 32.6 Å². The smallest absolute Gasteiger partial charge is 0.191 e. The Morgan fingerprint density at radius 2 is 2.23 bits per heavy atom. The largest absolute Gasteiger partial charge is 0.356 e. The first-order chi connectivity index (χ1) is 12.3. The van der Waals surface area contributed by atoms with Crippen molar-refractivity contribution in [1.29, 1.82) is 0 Å². The molecule has 8 nitrogen and oxygen atoms in total. The average molecular weight is 381 g/mol. The number of hydrogen-bond donors (Lipinski definition) is 2. The molecular weight excluding hydrogens is 352 g/mol. The molecule has 0 saturated carbocycles. The maximum absolute atomic E-state index is 11.6. The van der Waals surface area contributed by atoms with Gasteiger partial charge >= 0.3 is 0 Å². The van der Waals surface area contributed by atoms with Gasteiger partial charge in [0.25, 0.3) is 0 Å². The predicted molar refractivity (Wildman–Crippen MR) is 102 cm³/mol. The Morgan fingerprint density at radius 3 is 2.92 bits per heavy atom. The zero-order valence-electron chi connectivity index (χ0n) is 15.5. The average Bonchev–Trinajstić information content (AvgIpc) is 3.10. The molecule has 1 aromatic heterocycles. The molecular formula is C17H28N6O2S. The molecule has 2 aliphatic heterocycles. The highest BCUT2D eigenvalue weighted by atomic mass is 32.2.